The summed E-state index contributed by atoms with van der Waals surface area (Å²) in [4.78, 5) is 11.7. The van der Waals surface area contributed by atoms with Crippen LogP contribution >= 0.6 is 0 Å². The fourth-order valence-electron chi connectivity index (χ4n) is 1.27. The van der Waals surface area contributed by atoms with Gasteiger partial charge < -0.3 is 10.4 Å². The molecule has 0 fully saturated rings. The van der Waals surface area contributed by atoms with E-state index < -0.39 is 6.10 Å². The SMILES string of the molecule is Cc1cc(C(=O)NCCC(C)O)c(C)nn1. The lowest BCUT2D eigenvalue weighted by molar-refractivity contribution is 0.0944. The average molecular weight is 223 g/mol. The standard InChI is InChI=1S/C11H17N3O2/c1-7-6-10(9(3)14-13-7)11(16)12-5-4-8(2)15/h6,8,15H,4-5H2,1-3H3,(H,12,16). The molecule has 0 spiro atoms. The predicted molar refractivity (Wildman–Crippen MR) is 60.1 cm³/mol. The number of amides is 1. The van der Waals surface area contributed by atoms with Gasteiger partial charge in [0.05, 0.1) is 23.1 Å². The van der Waals surface area contributed by atoms with Crippen LogP contribution in [0.15, 0.2) is 6.07 Å². The molecular weight excluding hydrogens is 206 g/mol. The van der Waals surface area contributed by atoms with Gasteiger partial charge in [-0.2, -0.15) is 10.2 Å². The molecule has 1 unspecified atom stereocenters. The zero-order chi connectivity index (χ0) is 12.1. The summed E-state index contributed by atoms with van der Waals surface area (Å²) < 4.78 is 0. The van der Waals surface area contributed by atoms with Gasteiger partial charge in [-0.05, 0) is 33.3 Å². The molecule has 0 aliphatic carbocycles. The molecule has 0 aromatic carbocycles. The van der Waals surface area contributed by atoms with Crippen LogP contribution in [-0.2, 0) is 0 Å². The maximum atomic E-state index is 11.7. The molecule has 2 N–H and O–H groups in total. The van der Waals surface area contributed by atoms with Crippen LogP contribution < -0.4 is 5.32 Å². The van der Waals surface area contributed by atoms with E-state index in [4.69, 9.17) is 5.11 Å². The van der Waals surface area contributed by atoms with E-state index in [2.05, 4.69) is 15.5 Å². The van der Waals surface area contributed by atoms with Gasteiger partial charge in [0.25, 0.3) is 5.91 Å². The van der Waals surface area contributed by atoms with Crippen LogP contribution in [0, 0.1) is 13.8 Å². The molecule has 5 nitrogen and oxygen atoms in total. The van der Waals surface area contributed by atoms with Crippen molar-refractivity contribution in [2.24, 2.45) is 0 Å². The number of aryl methyl sites for hydroxylation is 2. The van der Waals surface area contributed by atoms with Crippen LogP contribution in [0.2, 0.25) is 0 Å². The number of rotatable bonds is 4. The minimum Gasteiger partial charge on any atom is -0.393 e. The lowest BCUT2D eigenvalue weighted by Gasteiger charge is -2.08. The van der Waals surface area contributed by atoms with Gasteiger partial charge in [-0.1, -0.05) is 0 Å². The van der Waals surface area contributed by atoms with Gasteiger partial charge >= 0.3 is 0 Å². The molecule has 0 aliphatic heterocycles. The Hall–Kier alpha value is -1.49. The molecule has 88 valence electrons. The Morgan fingerprint density at radius 1 is 1.50 bits per heavy atom. The van der Waals surface area contributed by atoms with Crippen LogP contribution in [0.4, 0.5) is 0 Å². The van der Waals surface area contributed by atoms with Gasteiger partial charge in [-0.15, -0.1) is 0 Å². The van der Waals surface area contributed by atoms with Crippen LogP contribution in [0.25, 0.3) is 0 Å². The molecule has 16 heavy (non-hydrogen) atoms. The second-order valence-corrected chi connectivity index (χ2v) is 3.88. The van der Waals surface area contributed by atoms with Crippen LogP contribution in [0.3, 0.4) is 0 Å². The van der Waals surface area contributed by atoms with Crippen molar-refractivity contribution in [1.82, 2.24) is 15.5 Å². The van der Waals surface area contributed by atoms with Crippen LogP contribution in [-0.4, -0.2) is 33.9 Å². The summed E-state index contributed by atoms with van der Waals surface area (Å²) >= 11 is 0. The van der Waals surface area contributed by atoms with Crippen molar-refractivity contribution in [2.45, 2.75) is 33.3 Å². The van der Waals surface area contributed by atoms with E-state index >= 15 is 0 Å². The van der Waals surface area contributed by atoms with Crippen molar-refractivity contribution in [3.63, 3.8) is 0 Å². The third-order valence-electron chi connectivity index (χ3n) is 2.19. The van der Waals surface area contributed by atoms with Gasteiger partial charge in [0.15, 0.2) is 0 Å². The molecule has 1 aromatic heterocycles. The predicted octanol–water partition coefficient (Wildman–Crippen LogP) is 0.594. The molecule has 1 aromatic rings. The fraction of sp³-hybridized carbons (Fsp3) is 0.545. The third-order valence-corrected chi connectivity index (χ3v) is 2.19. The molecule has 1 atom stereocenters. The lowest BCUT2D eigenvalue weighted by atomic mass is 10.2. The molecule has 1 heterocycles. The first-order valence-electron chi connectivity index (χ1n) is 5.28. The van der Waals surface area contributed by atoms with E-state index in [0.29, 0.717) is 29.9 Å². The molecule has 5 heteroatoms. The van der Waals surface area contributed by atoms with E-state index in [1.165, 1.54) is 0 Å². The van der Waals surface area contributed by atoms with Gasteiger partial charge in [-0.25, -0.2) is 0 Å². The summed E-state index contributed by atoms with van der Waals surface area (Å²) in [6, 6.07) is 1.71. The first-order valence-corrected chi connectivity index (χ1v) is 5.28. The van der Waals surface area contributed by atoms with Crippen LogP contribution in [0.1, 0.15) is 35.1 Å². The highest BCUT2D eigenvalue weighted by Gasteiger charge is 2.10. The van der Waals surface area contributed by atoms with E-state index in [1.807, 2.05) is 0 Å². The Balaban J connectivity index is 2.62. The second kappa shape index (κ2) is 5.55. The van der Waals surface area contributed by atoms with E-state index in [9.17, 15) is 4.79 Å². The van der Waals surface area contributed by atoms with Crippen molar-refractivity contribution < 1.29 is 9.90 Å². The summed E-state index contributed by atoms with van der Waals surface area (Å²) in [5.41, 5.74) is 1.87. The molecular formula is C11H17N3O2. The van der Waals surface area contributed by atoms with Gasteiger partial charge in [0.1, 0.15) is 0 Å². The molecule has 0 saturated carbocycles. The van der Waals surface area contributed by atoms with E-state index in [1.54, 1.807) is 26.8 Å². The Kier molecular flexibility index (Phi) is 4.37. The summed E-state index contributed by atoms with van der Waals surface area (Å²) in [5.74, 6) is -0.170. The van der Waals surface area contributed by atoms with E-state index in [-0.39, 0.29) is 5.91 Å². The first-order chi connectivity index (χ1) is 7.50. The van der Waals surface area contributed by atoms with Gasteiger partial charge in [-0.3, -0.25) is 4.79 Å². The largest absolute Gasteiger partial charge is 0.393 e. The topological polar surface area (TPSA) is 75.1 Å². The second-order valence-electron chi connectivity index (χ2n) is 3.88. The number of aliphatic hydroxyl groups is 1. The molecule has 1 amide bonds. The number of hydrogen-bond acceptors (Lipinski definition) is 4. The smallest absolute Gasteiger partial charge is 0.253 e. The number of aromatic nitrogens is 2. The number of nitrogens with one attached hydrogen (secondary N) is 1. The first kappa shape index (κ1) is 12.6. The van der Waals surface area contributed by atoms with Crippen molar-refractivity contribution in [2.75, 3.05) is 6.54 Å². The minimum atomic E-state index is -0.404. The van der Waals surface area contributed by atoms with Gasteiger partial charge in [0, 0.05) is 6.54 Å². The van der Waals surface area contributed by atoms with Gasteiger partial charge in [0.2, 0.25) is 0 Å². The summed E-state index contributed by atoms with van der Waals surface area (Å²) in [7, 11) is 0. The maximum absolute atomic E-state index is 11.7. The maximum Gasteiger partial charge on any atom is 0.253 e. The number of aliphatic hydroxyl groups excluding tert-OH is 1. The van der Waals surface area contributed by atoms with Crippen molar-refractivity contribution in [3.05, 3.63) is 23.0 Å². The fourth-order valence-corrected chi connectivity index (χ4v) is 1.27. The average Bonchev–Trinajstić information content (AvgIpc) is 2.21. The molecule has 0 radical (unpaired) electrons. The normalized spacial score (nSPS) is 12.2. The Labute approximate surface area is 94.9 Å². The molecule has 1 rings (SSSR count). The monoisotopic (exact) mass is 223 g/mol. The highest BCUT2D eigenvalue weighted by molar-refractivity contribution is 5.95. The summed E-state index contributed by atoms with van der Waals surface area (Å²) in [6.45, 7) is 5.68. The minimum absolute atomic E-state index is 0.170. The third kappa shape index (κ3) is 3.58. The van der Waals surface area contributed by atoms with Crippen molar-refractivity contribution in [1.29, 1.82) is 0 Å². The Morgan fingerprint density at radius 3 is 2.81 bits per heavy atom. The number of nitrogens with zero attached hydrogens (tertiary/aromatic N) is 2. The zero-order valence-electron chi connectivity index (χ0n) is 9.82. The van der Waals surface area contributed by atoms with Crippen molar-refractivity contribution in [3.8, 4) is 0 Å². The molecule has 0 aliphatic rings. The molecule has 0 bridgehead atoms. The zero-order valence-corrected chi connectivity index (χ0v) is 9.82. The lowest BCUT2D eigenvalue weighted by Crippen LogP contribution is -2.27. The quantitative estimate of drug-likeness (QED) is 0.783. The van der Waals surface area contributed by atoms with E-state index in [0.717, 1.165) is 0 Å². The summed E-state index contributed by atoms with van der Waals surface area (Å²) in [5, 5.41) is 19.5. The highest BCUT2D eigenvalue weighted by Crippen LogP contribution is 2.04. The number of carbonyl (C=O) groups is 1. The Bertz CT molecular complexity index is 377. The number of carbonyl (C=O) groups excluding carboxylic acids is 1. The highest BCUT2D eigenvalue weighted by atomic mass is 16.3. The van der Waals surface area contributed by atoms with Crippen molar-refractivity contribution >= 4 is 5.91 Å². The van der Waals surface area contributed by atoms with Crippen LogP contribution in [0.5, 0.6) is 0 Å². The Morgan fingerprint density at radius 2 is 2.19 bits per heavy atom. The molecule has 0 saturated heterocycles. The number of hydrogen-bond donors (Lipinski definition) is 2. The summed E-state index contributed by atoms with van der Waals surface area (Å²) in [6.07, 6.45) is 0.140.